The second kappa shape index (κ2) is 7.21. The standard InChI is InChI=1S/C14H20N2O3S/c1-3-8-16(10-14(15)17)20(18,19)11-13-7-5-6-12(4-2)9-13/h3,5-7,9H,1,4,8,10-11H2,2H3,(H2,15,17). The van der Waals surface area contributed by atoms with E-state index in [9.17, 15) is 13.2 Å². The lowest BCUT2D eigenvalue weighted by Crippen LogP contribution is -2.39. The summed E-state index contributed by atoms with van der Waals surface area (Å²) < 4.78 is 25.6. The zero-order valence-corrected chi connectivity index (χ0v) is 12.4. The molecule has 0 heterocycles. The summed E-state index contributed by atoms with van der Waals surface area (Å²) in [6, 6.07) is 7.39. The second-order valence-corrected chi connectivity index (χ2v) is 6.45. The Kier molecular flexibility index (Phi) is 5.91. The highest BCUT2D eigenvalue weighted by molar-refractivity contribution is 7.88. The third kappa shape index (κ3) is 4.79. The predicted molar refractivity (Wildman–Crippen MR) is 79.4 cm³/mol. The third-order valence-electron chi connectivity index (χ3n) is 2.81. The van der Waals surface area contributed by atoms with Crippen molar-refractivity contribution in [3.05, 3.63) is 48.0 Å². The molecule has 2 N–H and O–H groups in total. The van der Waals surface area contributed by atoms with Gasteiger partial charge in [0, 0.05) is 6.54 Å². The molecular weight excluding hydrogens is 276 g/mol. The lowest BCUT2D eigenvalue weighted by molar-refractivity contribution is -0.118. The highest BCUT2D eigenvalue weighted by Gasteiger charge is 2.23. The number of nitrogens with zero attached hydrogens (tertiary/aromatic N) is 1. The van der Waals surface area contributed by atoms with Crippen molar-refractivity contribution in [1.82, 2.24) is 4.31 Å². The normalized spacial score (nSPS) is 11.5. The highest BCUT2D eigenvalue weighted by Crippen LogP contribution is 2.13. The van der Waals surface area contributed by atoms with Crippen molar-refractivity contribution in [1.29, 1.82) is 0 Å². The fourth-order valence-electron chi connectivity index (χ4n) is 1.84. The van der Waals surface area contributed by atoms with Gasteiger partial charge in [-0.1, -0.05) is 37.3 Å². The molecule has 0 saturated carbocycles. The molecule has 0 aliphatic rings. The van der Waals surface area contributed by atoms with Gasteiger partial charge in [0.1, 0.15) is 0 Å². The number of aryl methyl sites for hydroxylation is 1. The summed E-state index contributed by atoms with van der Waals surface area (Å²) >= 11 is 0. The summed E-state index contributed by atoms with van der Waals surface area (Å²) in [4.78, 5) is 11.0. The van der Waals surface area contributed by atoms with Crippen molar-refractivity contribution < 1.29 is 13.2 Å². The molecule has 0 spiro atoms. The van der Waals surface area contributed by atoms with E-state index in [1.54, 1.807) is 6.07 Å². The lowest BCUT2D eigenvalue weighted by Gasteiger charge is -2.19. The predicted octanol–water partition coefficient (Wildman–Crippen LogP) is 1.05. The van der Waals surface area contributed by atoms with Gasteiger partial charge in [-0.05, 0) is 17.5 Å². The van der Waals surface area contributed by atoms with E-state index < -0.39 is 15.9 Å². The molecule has 0 aromatic heterocycles. The van der Waals surface area contributed by atoms with Gasteiger partial charge in [0.2, 0.25) is 15.9 Å². The third-order valence-corrected chi connectivity index (χ3v) is 4.57. The Bertz CT molecular complexity index is 582. The first-order valence-electron chi connectivity index (χ1n) is 6.34. The van der Waals surface area contributed by atoms with E-state index in [-0.39, 0.29) is 18.8 Å². The minimum absolute atomic E-state index is 0.0682. The van der Waals surface area contributed by atoms with Crippen LogP contribution >= 0.6 is 0 Å². The van der Waals surface area contributed by atoms with E-state index in [0.29, 0.717) is 5.56 Å². The molecule has 0 bridgehead atoms. The molecule has 5 nitrogen and oxygen atoms in total. The maximum Gasteiger partial charge on any atom is 0.232 e. The Morgan fingerprint density at radius 1 is 1.40 bits per heavy atom. The van der Waals surface area contributed by atoms with Crippen LogP contribution in [-0.2, 0) is 27.0 Å². The summed E-state index contributed by atoms with van der Waals surface area (Å²) in [5.41, 5.74) is 6.85. The maximum atomic E-state index is 12.3. The van der Waals surface area contributed by atoms with Crippen molar-refractivity contribution >= 4 is 15.9 Å². The molecular formula is C14H20N2O3S. The zero-order chi connectivity index (χ0) is 15.2. The van der Waals surface area contributed by atoms with Gasteiger partial charge in [-0.25, -0.2) is 8.42 Å². The Labute approximate surface area is 120 Å². The molecule has 6 heteroatoms. The monoisotopic (exact) mass is 296 g/mol. The summed E-state index contributed by atoms with van der Waals surface area (Å²) in [6.07, 6.45) is 2.27. The van der Waals surface area contributed by atoms with E-state index in [2.05, 4.69) is 6.58 Å². The fraction of sp³-hybridized carbons (Fsp3) is 0.357. The van der Waals surface area contributed by atoms with E-state index >= 15 is 0 Å². The number of rotatable bonds is 8. The molecule has 1 amide bonds. The highest BCUT2D eigenvalue weighted by atomic mass is 32.2. The van der Waals surface area contributed by atoms with Crippen LogP contribution in [0, 0.1) is 0 Å². The van der Waals surface area contributed by atoms with Crippen molar-refractivity contribution in [3.63, 3.8) is 0 Å². The molecule has 0 saturated heterocycles. The summed E-state index contributed by atoms with van der Waals surface area (Å²) in [5, 5.41) is 0. The van der Waals surface area contributed by atoms with Crippen molar-refractivity contribution in [3.8, 4) is 0 Å². The van der Waals surface area contributed by atoms with Crippen molar-refractivity contribution in [2.24, 2.45) is 5.73 Å². The number of primary amides is 1. The number of hydrogen-bond donors (Lipinski definition) is 1. The minimum Gasteiger partial charge on any atom is -0.369 e. The van der Waals surface area contributed by atoms with Crippen molar-refractivity contribution in [2.75, 3.05) is 13.1 Å². The first-order chi connectivity index (χ1) is 9.39. The summed E-state index contributed by atoms with van der Waals surface area (Å²) in [6.45, 7) is 5.24. The molecule has 1 aromatic carbocycles. The van der Waals surface area contributed by atoms with Crippen LogP contribution in [0.1, 0.15) is 18.1 Å². The van der Waals surface area contributed by atoms with Gasteiger partial charge in [-0.15, -0.1) is 6.58 Å². The van der Waals surface area contributed by atoms with E-state index in [0.717, 1.165) is 16.3 Å². The van der Waals surface area contributed by atoms with Gasteiger partial charge >= 0.3 is 0 Å². The average molecular weight is 296 g/mol. The van der Waals surface area contributed by atoms with Crippen molar-refractivity contribution in [2.45, 2.75) is 19.1 Å². The molecule has 0 fully saturated rings. The molecule has 1 rings (SSSR count). The fourth-order valence-corrected chi connectivity index (χ4v) is 3.28. The molecule has 0 radical (unpaired) electrons. The second-order valence-electron chi connectivity index (χ2n) is 4.48. The molecule has 0 aliphatic heterocycles. The number of amides is 1. The Balaban J connectivity index is 2.95. The number of carbonyl (C=O) groups is 1. The smallest absolute Gasteiger partial charge is 0.232 e. The van der Waals surface area contributed by atoms with Crippen LogP contribution in [0.2, 0.25) is 0 Å². The summed E-state index contributed by atoms with van der Waals surface area (Å²) in [5.74, 6) is -0.833. The maximum absolute atomic E-state index is 12.3. The minimum atomic E-state index is -3.60. The Morgan fingerprint density at radius 3 is 2.60 bits per heavy atom. The Morgan fingerprint density at radius 2 is 2.05 bits per heavy atom. The first kappa shape index (κ1) is 16.4. The molecule has 110 valence electrons. The zero-order valence-electron chi connectivity index (χ0n) is 11.6. The van der Waals surface area contributed by atoms with Gasteiger partial charge in [-0.2, -0.15) is 4.31 Å². The number of benzene rings is 1. The average Bonchev–Trinajstić information content (AvgIpc) is 2.37. The number of nitrogens with two attached hydrogens (primary N) is 1. The van der Waals surface area contributed by atoms with Crippen LogP contribution in [0.15, 0.2) is 36.9 Å². The van der Waals surface area contributed by atoms with Crippen LogP contribution in [0.25, 0.3) is 0 Å². The van der Waals surface area contributed by atoms with Gasteiger partial charge in [0.05, 0.1) is 12.3 Å². The lowest BCUT2D eigenvalue weighted by atomic mass is 10.1. The number of carbonyl (C=O) groups excluding carboxylic acids is 1. The van der Waals surface area contributed by atoms with Crippen LogP contribution < -0.4 is 5.73 Å². The van der Waals surface area contributed by atoms with Gasteiger partial charge in [0.25, 0.3) is 0 Å². The van der Waals surface area contributed by atoms with E-state index in [4.69, 9.17) is 5.73 Å². The SMILES string of the molecule is C=CCN(CC(N)=O)S(=O)(=O)Cc1cccc(CC)c1. The molecule has 0 aliphatic carbocycles. The largest absolute Gasteiger partial charge is 0.369 e. The van der Waals surface area contributed by atoms with Gasteiger partial charge in [-0.3, -0.25) is 4.79 Å². The molecule has 0 atom stereocenters. The van der Waals surface area contributed by atoms with Crippen LogP contribution in [0.4, 0.5) is 0 Å². The van der Waals surface area contributed by atoms with Crippen LogP contribution in [-0.4, -0.2) is 31.7 Å². The molecule has 1 aromatic rings. The molecule has 20 heavy (non-hydrogen) atoms. The number of sulfonamides is 1. The first-order valence-corrected chi connectivity index (χ1v) is 7.94. The van der Waals surface area contributed by atoms with E-state index in [1.165, 1.54) is 6.08 Å². The molecule has 0 unspecified atom stereocenters. The summed E-state index contributed by atoms with van der Waals surface area (Å²) in [7, 11) is -3.60. The topological polar surface area (TPSA) is 80.5 Å². The number of hydrogen-bond acceptors (Lipinski definition) is 3. The van der Waals surface area contributed by atoms with Crippen LogP contribution in [0.3, 0.4) is 0 Å². The van der Waals surface area contributed by atoms with Gasteiger partial charge < -0.3 is 5.73 Å². The Hall–Kier alpha value is -1.66. The quantitative estimate of drug-likeness (QED) is 0.728. The van der Waals surface area contributed by atoms with Gasteiger partial charge in [0.15, 0.2) is 0 Å². The van der Waals surface area contributed by atoms with E-state index in [1.807, 2.05) is 25.1 Å². The van der Waals surface area contributed by atoms with Crippen LogP contribution in [0.5, 0.6) is 0 Å².